The molecule has 0 spiro atoms. The Kier molecular flexibility index (Phi) is 14.3. The van der Waals surface area contributed by atoms with Crippen LogP contribution in [0.2, 0.25) is 0 Å². The SMILES string of the molecule is Cc1cccc(C)c1Nc1ccc2c(c1)Oc1cc(Nc3c(C)cc(S(=O)(=O)O)cc3C)ccc1C2c1ccccc1S(=O)(=O)NCCNc1nc(Nc2cc(S(=O)(=O)O)ccc2S(=O)(=O)O)nc(N(C)C)n1. The molecule has 21 nitrogen and oxygen atoms in total. The van der Waals surface area contributed by atoms with Crippen LogP contribution in [0.15, 0.2) is 129 Å². The summed E-state index contributed by atoms with van der Waals surface area (Å²) in [6.45, 7) is 7.15. The fraction of sp³-hybridized carbons (Fsp3) is 0.188. The zero-order chi connectivity index (χ0) is 52.8. The number of nitrogens with one attached hydrogen (secondary N) is 5. The summed E-state index contributed by atoms with van der Waals surface area (Å²) in [6.07, 6.45) is 0. The Morgan fingerprint density at radius 2 is 1.10 bits per heavy atom. The van der Waals surface area contributed by atoms with Gasteiger partial charge in [0.05, 0.1) is 20.4 Å². The van der Waals surface area contributed by atoms with E-state index in [9.17, 15) is 47.3 Å². The van der Waals surface area contributed by atoms with Crippen LogP contribution in [-0.2, 0) is 40.4 Å². The highest BCUT2D eigenvalue weighted by Gasteiger charge is 2.34. The topological polar surface area (TPSA) is 309 Å². The maximum absolute atomic E-state index is 14.4. The molecule has 7 aromatic rings. The van der Waals surface area contributed by atoms with Crippen molar-refractivity contribution in [3.63, 3.8) is 0 Å². The van der Waals surface area contributed by atoms with Crippen molar-refractivity contribution in [2.45, 2.75) is 53.2 Å². The van der Waals surface area contributed by atoms with Crippen LogP contribution in [0, 0.1) is 27.7 Å². The molecule has 8 rings (SSSR count). The van der Waals surface area contributed by atoms with E-state index < -0.39 is 61.8 Å². The minimum Gasteiger partial charge on any atom is -0.457 e. The highest BCUT2D eigenvalue weighted by atomic mass is 32.2. The van der Waals surface area contributed by atoms with Crippen molar-refractivity contribution in [3.05, 3.63) is 148 Å². The fourth-order valence-corrected chi connectivity index (χ4v) is 11.3. The van der Waals surface area contributed by atoms with E-state index >= 15 is 0 Å². The van der Waals surface area contributed by atoms with Gasteiger partial charge >= 0.3 is 0 Å². The molecule has 8 N–H and O–H groups in total. The van der Waals surface area contributed by atoms with Gasteiger partial charge < -0.3 is 30.9 Å². The number of fused-ring (bicyclic) bond motifs is 2. The lowest BCUT2D eigenvalue weighted by Gasteiger charge is -2.31. The van der Waals surface area contributed by atoms with Crippen molar-refractivity contribution in [3.8, 4) is 11.5 Å². The number of aromatic nitrogens is 3. The van der Waals surface area contributed by atoms with Gasteiger partial charge in [-0.3, -0.25) is 13.7 Å². The zero-order valence-corrected chi connectivity index (χ0v) is 43.1. The lowest BCUT2D eigenvalue weighted by Crippen LogP contribution is -2.30. The van der Waals surface area contributed by atoms with E-state index in [2.05, 4.69) is 40.9 Å². The first-order chi connectivity index (χ1) is 34.3. The molecule has 73 heavy (non-hydrogen) atoms. The first kappa shape index (κ1) is 52.1. The summed E-state index contributed by atoms with van der Waals surface area (Å²) in [5.74, 6) is -0.155. The predicted molar refractivity (Wildman–Crippen MR) is 276 cm³/mol. The minimum atomic E-state index is -4.92. The molecule has 0 amide bonds. The average molecular weight is 1070 g/mol. The lowest BCUT2D eigenvalue weighted by molar-refractivity contribution is 0.452. The highest BCUT2D eigenvalue weighted by Crippen LogP contribution is 2.50. The number of hydrogen-bond acceptors (Lipinski definition) is 17. The first-order valence-corrected chi connectivity index (χ1v) is 27.8. The molecule has 382 valence electrons. The van der Waals surface area contributed by atoms with Gasteiger partial charge in [-0.25, -0.2) is 13.1 Å². The molecule has 0 saturated heterocycles. The Balaban J connectivity index is 1.09. The van der Waals surface area contributed by atoms with Crippen LogP contribution in [0.3, 0.4) is 0 Å². The highest BCUT2D eigenvalue weighted by molar-refractivity contribution is 7.89. The van der Waals surface area contributed by atoms with Crippen molar-refractivity contribution in [2.24, 2.45) is 0 Å². The van der Waals surface area contributed by atoms with E-state index in [4.69, 9.17) is 4.74 Å². The van der Waals surface area contributed by atoms with Crippen molar-refractivity contribution < 1.29 is 52.1 Å². The zero-order valence-electron chi connectivity index (χ0n) is 39.8. The summed E-state index contributed by atoms with van der Waals surface area (Å²) in [6, 6.07) is 28.7. The van der Waals surface area contributed by atoms with Gasteiger partial charge in [-0.15, -0.1) is 0 Å². The molecular formula is C48H49N9O12S4. The number of benzene rings is 6. The summed E-state index contributed by atoms with van der Waals surface area (Å²) in [5, 5.41) is 12.3. The maximum Gasteiger partial charge on any atom is 0.296 e. The van der Waals surface area contributed by atoms with Crippen LogP contribution in [0.1, 0.15) is 44.9 Å². The molecule has 1 aliphatic heterocycles. The molecule has 6 aromatic carbocycles. The summed E-state index contributed by atoms with van der Waals surface area (Å²) >= 11 is 0. The number of anilines is 8. The molecule has 1 aromatic heterocycles. The van der Waals surface area contributed by atoms with E-state index in [1.54, 1.807) is 52.2 Å². The normalized spacial score (nSPS) is 13.6. The summed E-state index contributed by atoms with van der Waals surface area (Å²) in [4.78, 5) is 12.6. The van der Waals surface area contributed by atoms with Gasteiger partial charge in [0.25, 0.3) is 30.4 Å². The Labute approximate surface area is 422 Å². The second kappa shape index (κ2) is 20.0. The van der Waals surface area contributed by atoms with Gasteiger partial charge in [-0.2, -0.15) is 40.2 Å². The Bertz CT molecular complexity index is 3760. The number of rotatable bonds is 17. The van der Waals surface area contributed by atoms with Gasteiger partial charge in [0.2, 0.25) is 27.9 Å². The monoisotopic (exact) mass is 1070 g/mol. The molecule has 0 radical (unpaired) electrons. The van der Waals surface area contributed by atoms with Crippen molar-refractivity contribution in [1.82, 2.24) is 19.7 Å². The third-order valence-electron chi connectivity index (χ3n) is 11.7. The van der Waals surface area contributed by atoms with E-state index in [0.29, 0.717) is 50.7 Å². The number of hydrogen-bond donors (Lipinski definition) is 8. The Morgan fingerprint density at radius 3 is 1.66 bits per heavy atom. The Morgan fingerprint density at radius 1 is 0.534 bits per heavy atom. The number of sulfonamides is 1. The van der Waals surface area contributed by atoms with Gasteiger partial charge in [-0.05, 0) is 104 Å². The molecule has 0 aliphatic carbocycles. The summed E-state index contributed by atoms with van der Waals surface area (Å²) in [5.41, 5.74) is 7.31. The predicted octanol–water partition coefficient (Wildman–Crippen LogP) is 7.82. The standard InChI is InChI=1S/C48H49N9O12S4/c1-27-10-9-11-28(2)44(27)51-31-14-17-35-39(24-31)69-40-25-32(52-45-29(3)22-34(23-30(45)4)72(63,64)65)15-18-36(40)43(35)37-12-7-8-13-41(37)70(58,59)50-21-20-49-46-54-47(56-48(55-46)57(5)6)53-38-26-33(71(60,61)62)16-19-42(38)73(66,67)68/h7-19,22-26,43,50-52H,20-21H2,1-6H3,(H,60,61,62)(H,63,64,65)(H,66,67,68)(H2,49,53,54,55,56). The van der Waals surface area contributed by atoms with Gasteiger partial charge in [0.1, 0.15) is 16.4 Å². The van der Waals surface area contributed by atoms with Crippen LogP contribution >= 0.6 is 0 Å². The number of para-hydroxylation sites is 1. The summed E-state index contributed by atoms with van der Waals surface area (Å²) in [7, 11) is -15.2. The number of ether oxygens (including phenoxy) is 1. The van der Waals surface area contributed by atoms with E-state index in [1.807, 2.05) is 62.4 Å². The second-order valence-corrected chi connectivity index (χ2v) is 23.2. The third-order valence-corrected chi connectivity index (χ3v) is 15.8. The second-order valence-electron chi connectivity index (χ2n) is 17.2. The quantitative estimate of drug-likeness (QED) is 0.0318. The van der Waals surface area contributed by atoms with Crippen molar-refractivity contribution in [1.29, 1.82) is 0 Å². The van der Waals surface area contributed by atoms with Crippen molar-refractivity contribution >= 4 is 86.7 Å². The largest absolute Gasteiger partial charge is 0.457 e. The molecule has 2 heterocycles. The van der Waals surface area contributed by atoms with Crippen LogP contribution in [0.25, 0.3) is 0 Å². The van der Waals surface area contributed by atoms with Gasteiger partial charge in [-0.1, -0.05) is 48.5 Å². The molecule has 0 bridgehead atoms. The van der Waals surface area contributed by atoms with E-state index in [1.165, 1.54) is 23.1 Å². The molecular weight excluding hydrogens is 1020 g/mol. The number of nitrogens with zero attached hydrogens (tertiary/aromatic N) is 4. The minimum absolute atomic E-state index is 0.0211. The smallest absolute Gasteiger partial charge is 0.296 e. The van der Waals surface area contributed by atoms with Crippen LogP contribution in [-0.4, -0.2) is 89.5 Å². The average Bonchev–Trinajstić information content (AvgIpc) is 3.31. The molecule has 1 unspecified atom stereocenters. The van der Waals surface area contributed by atoms with Gasteiger partial charge in [0, 0.05) is 79.1 Å². The summed E-state index contributed by atoms with van der Waals surface area (Å²) < 4.78 is 139. The first-order valence-electron chi connectivity index (χ1n) is 22.0. The van der Waals surface area contributed by atoms with E-state index in [0.717, 1.165) is 40.7 Å². The van der Waals surface area contributed by atoms with E-state index in [-0.39, 0.29) is 40.7 Å². The molecule has 0 fully saturated rings. The number of aryl methyl sites for hydroxylation is 4. The third kappa shape index (κ3) is 11.5. The Hall–Kier alpha value is -7.23. The van der Waals surface area contributed by atoms with Crippen molar-refractivity contribution in [2.75, 3.05) is 53.4 Å². The van der Waals surface area contributed by atoms with Crippen LogP contribution in [0.4, 0.5) is 46.3 Å². The van der Waals surface area contributed by atoms with Crippen LogP contribution < -0.4 is 35.6 Å². The molecule has 1 atom stereocenters. The molecule has 0 saturated carbocycles. The fourth-order valence-electron chi connectivity index (χ4n) is 8.28. The molecule has 1 aliphatic rings. The maximum atomic E-state index is 14.4. The lowest BCUT2D eigenvalue weighted by atomic mass is 9.82. The molecule has 25 heteroatoms. The van der Waals surface area contributed by atoms with Crippen LogP contribution in [0.5, 0.6) is 11.5 Å². The van der Waals surface area contributed by atoms with Gasteiger partial charge in [0.15, 0.2) is 0 Å².